The molecule has 2 unspecified atom stereocenters. The molecule has 0 spiro atoms. The van der Waals surface area contributed by atoms with Gasteiger partial charge in [-0.3, -0.25) is 19.7 Å². The average molecular weight is 426 g/mol. The van der Waals surface area contributed by atoms with Crippen LogP contribution in [0.2, 0.25) is 0 Å². The first-order valence-corrected chi connectivity index (χ1v) is 10.9. The summed E-state index contributed by atoms with van der Waals surface area (Å²) < 4.78 is 10.1. The molecule has 2 atom stereocenters. The van der Waals surface area contributed by atoms with Gasteiger partial charge in [-0.25, -0.2) is 9.80 Å². The summed E-state index contributed by atoms with van der Waals surface area (Å²) in [5.41, 5.74) is 0. The fraction of sp³-hybridized carbons (Fsp3) is 0.762. The number of amides is 3. The molecule has 1 rings (SSSR count). The molecule has 1 aliphatic rings. The number of rotatable bonds is 15. The number of hydrogen-bond acceptors (Lipinski definition) is 7. The van der Waals surface area contributed by atoms with Crippen molar-refractivity contribution in [2.24, 2.45) is 5.10 Å². The molecule has 0 bridgehead atoms. The summed E-state index contributed by atoms with van der Waals surface area (Å²) in [6.45, 7) is 5.57. The van der Waals surface area contributed by atoms with Crippen LogP contribution in [0.1, 0.15) is 85.0 Å². The Labute approximate surface area is 178 Å². The fourth-order valence-corrected chi connectivity index (χ4v) is 3.20. The van der Waals surface area contributed by atoms with Crippen LogP contribution in [0.15, 0.2) is 5.10 Å². The van der Waals surface area contributed by atoms with Crippen molar-refractivity contribution in [3.05, 3.63) is 0 Å². The third kappa shape index (κ3) is 9.84. The van der Waals surface area contributed by atoms with E-state index in [0.29, 0.717) is 25.9 Å². The van der Waals surface area contributed by atoms with Crippen LogP contribution in [-0.2, 0) is 23.9 Å². The Morgan fingerprint density at radius 2 is 1.87 bits per heavy atom. The molecule has 0 aliphatic carbocycles. The van der Waals surface area contributed by atoms with E-state index >= 15 is 0 Å². The summed E-state index contributed by atoms with van der Waals surface area (Å²) in [4.78, 5) is 46.8. The SMILES string of the molecule is CCCCCC(/C=N/N1C(=O)NC(=O)C1CCCCCCC(=O)OCC)OC(C)=O. The molecule has 0 aromatic rings. The molecule has 0 saturated carbocycles. The highest BCUT2D eigenvalue weighted by Gasteiger charge is 2.38. The molecule has 1 heterocycles. The zero-order chi connectivity index (χ0) is 22.4. The maximum atomic E-state index is 12.1. The first-order valence-electron chi connectivity index (χ1n) is 10.9. The Hall–Kier alpha value is -2.45. The van der Waals surface area contributed by atoms with E-state index in [1.165, 1.54) is 13.1 Å². The number of unbranched alkanes of at least 4 members (excludes halogenated alkanes) is 5. The highest BCUT2D eigenvalue weighted by molar-refractivity contribution is 6.04. The maximum Gasteiger partial charge on any atom is 0.345 e. The van der Waals surface area contributed by atoms with Gasteiger partial charge in [0.25, 0.3) is 5.91 Å². The lowest BCUT2D eigenvalue weighted by molar-refractivity contribution is -0.144. The predicted molar refractivity (Wildman–Crippen MR) is 112 cm³/mol. The van der Waals surface area contributed by atoms with Crippen LogP contribution in [0.5, 0.6) is 0 Å². The molecule has 9 heteroatoms. The minimum absolute atomic E-state index is 0.194. The molecule has 9 nitrogen and oxygen atoms in total. The highest BCUT2D eigenvalue weighted by atomic mass is 16.5. The zero-order valence-electron chi connectivity index (χ0n) is 18.4. The Bertz CT molecular complexity index is 608. The van der Waals surface area contributed by atoms with E-state index in [1.54, 1.807) is 6.92 Å². The molecule has 0 aromatic carbocycles. The molecular weight excluding hydrogens is 390 g/mol. The van der Waals surface area contributed by atoms with Crippen LogP contribution < -0.4 is 5.32 Å². The number of nitrogens with zero attached hydrogens (tertiary/aromatic N) is 2. The van der Waals surface area contributed by atoms with Gasteiger partial charge < -0.3 is 9.47 Å². The predicted octanol–water partition coefficient (Wildman–Crippen LogP) is 3.31. The fourth-order valence-electron chi connectivity index (χ4n) is 3.20. The third-order valence-corrected chi connectivity index (χ3v) is 4.72. The lowest BCUT2D eigenvalue weighted by Gasteiger charge is -2.18. The number of carbonyl (C=O) groups excluding carboxylic acids is 4. The van der Waals surface area contributed by atoms with Gasteiger partial charge in [0.15, 0.2) is 0 Å². The van der Waals surface area contributed by atoms with Crippen molar-refractivity contribution in [1.82, 2.24) is 10.3 Å². The molecule has 1 saturated heterocycles. The first-order chi connectivity index (χ1) is 14.4. The van der Waals surface area contributed by atoms with Gasteiger partial charge in [-0.2, -0.15) is 5.10 Å². The number of urea groups is 1. The van der Waals surface area contributed by atoms with Gasteiger partial charge in [-0.05, 0) is 32.6 Å². The molecule has 0 radical (unpaired) electrons. The number of esters is 2. The van der Waals surface area contributed by atoms with Crippen LogP contribution in [-0.4, -0.2) is 53.9 Å². The van der Waals surface area contributed by atoms with E-state index in [2.05, 4.69) is 17.3 Å². The average Bonchev–Trinajstić information content (AvgIpc) is 2.95. The molecule has 0 aromatic heterocycles. The highest BCUT2D eigenvalue weighted by Crippen LogP contribution is 2.17. The number of hydrogen-bond donors (Lipinski definition) is 1. The maximum absolute atomic E-state index is 12.1. The van der Waals surface area contributed by atoms with Crippen molar-refractivity contribution in [3.63, 3.8) is 0 Å². The van der Waals surface area contributed by atoms with Crippen molar-refractivity contribution < 1.29 is 28.7 Å². The van der Waals surface area contributed by atoms with Gasteiger partial charge >= 0.3 is 18.0 Å². The lowest BCUT2D eigenvalue weighted by Crippen LogP contribution is -2.32. The van der Waals surface area contributed by atoms with Gasteiger partial charge in [0.2, 0.25) is 0 Å². The standard InChI is InChI=1S/C21H35N3O6/c1-4-6-9-12-17(30-16(3)25)15-22-24-18(20(27)23-21(24)28)13-10-7-8-11-14-19(26)29-5-2/h15,17-18H,4-14H2,1-3H3,(H,23,27,28)/b22-15+. The zero-order valence-corrected chi connectivity index (χ0v) is 18.4. The third-order valence-electron chi connectivity index (χ3n) is 4.72. The molecule has 1 fully saturated rings. The van der Waals surface area contributed by atoms with Crippen molar-refractivity contribution in [2.45, 2.75) is 97.1 Å². The first kappa shape index (κ1) is 25.6. The lowest BCUT2D eigenvalue weighted by atomic mass is 10.1. The van der Waals surface area contributed by atoms with E-state index in [1.807, 2.05) is 0 Å². The number of carbonyl (C=O) groups is 4. The summed E-state index contributed by atoms with van der Waals surface area (Å²) >= 11 is 0. The van der Waals surface area contributed by atoms with Gasteiger partial charge in [0.1, 0.15) is 12.1 Å². The van der Waals surface area contributed by atoms with Gasteiger partial charge in [0, 0.05) is 13.3 Å². The minimum atomic E-state index is -0.674. The van der Waals surface area contributed by atoms with E-state index in [4.69, 9.17) is 9.47 Å². The van der Waals surface area contributed by atoms with Gasteiger partial charge in [-0.1, -0.05) is 39.0 Å². The van der Waals surface area contributed by atoms with Crippen LogP contribution >= 0.6 is 0 Å². The second kappa shape index (κ2) is 14.5. The largest absolute Gasteiger partial charge is 0.466 e. The Morgan fingerprint density at radius 3 is 2.53 bits per heavy atom. The molecule has 30 heavy (non-hydrogen) atoms. The normalized spacial score (nSPS) is 17.3. The van der Waals surface area contributed by atoms with Gasteiger partial charge in [0.05, 0.1) is 12.8 Å². The Kier molecular flexibility index (Phi) is 12.4. The second-order valence-corrected chi connectivity index (χ2v) is 7.32. The van der Waals surface area contributed by atoms with E-state index in [-0.39, 0.29) is 11.9 Å². The Balaban J connectivity index is 2.52. The topological polar surface area (TPSA) is 114 Å². The minimum Gasteiger partial charge on any atom is -0.466 e. The number of imide groups is 1. The molecule has 1 aliphatic heterocycles. The molecule has 1 N–H and O–H groups in total. The smallest absolute Gasteiger partial charge is 0.345 e. The summed E-state index contributed by atoms with van der Waals surface area (Å²) in [6.07, 6.45) is 8.45. The Morgan fingerprint density at radius 1 is 1.13 bits per heavy atom. The van der Waals surface area contributed by atoms with E-state index in [0.717, 1.165) is 50.0 Å². The summed E-state index contributed by atoms with van der Waals surface area (Å²) in [7, 11) is 0. The van der Waals surface area contributed by atoms with Crippen molar-refractivity contribution in [2.75, 3.05) is 6.61 Å². The van der Waals surface area contributed by atoms with Crippen LogP contribution in [0.3, 0.4) is 0 Å². The van der Waals surface area contributed by atoms with Gasteiger partial charge in [-0.15, -0.1) is 0 Å². The van der Waals surface area contributed by atoms with Crippen molar-refractivity contribution in [3.8, 4) is 0 Å². The summed E-state index contributed by atoms with van der Waals surface area (Å²) in [5.74, 6) is -0.983. The van der Waals surface area contributed by atoms with Crippen molar-refractivity contribution in [1.29, 1.82) is 0 Å². The van der Waals surface area contributed by atoms with Crippen LogP contribution in [0, 0.1) is 0 Å². The number of nitrogens with one attached hydrogen (secondary N) is 1. The summed E-state index contributed by atoms with van der Waals surface area (Å²) in [6, 6.07) is -1.24. The van der Waals surface area contributed by atoms with E-state index in [9.17, 15) is 19.2 Å². The molecular formula is C21H35N3O6. The van der Waals surface area contributed by atoms with Crippen molar-refractivity contribution >= 4 is 30.1 Å². The van der Waals surface area contributed by atoms with Crippen LogP contribution in [0.4, 0.5) is 4.79 Å². The second-order valence-electron chi connectivity index (χ2n) is 7.32. The van der Waals surface area contributed by atoms with E-state index < -0.39 is 24.1 Å². The monoisotopic (exact) mass is 425 g/mol. The molecule has 170 valence electrons. The number of ether oxygens (including phenoxy) is 2. The quantitative estimate of drug-likeness (QED) is 0.186. The number of hydrazone groups is 1. The molecule has 3 amide bonds. The summed E-state index contributed by atoms with van der Waals surface area (Å²) in [5, 5.41) is 7.58. The van der Waals surface area contributed by atoms with Crippen LogP contribution in [0.25, 0.3) is 0 Å².